The fraction of sp³-hybridized carbons (Fsp3) is 0.0526. The third kappa shape index (κ3) is 4.02. The Morgan fingerprint density at radius 3 is 2.44 bits per heavy atom. The minimum Gasteiger partial charge on any atom is -0.384 e. The summed E-state index contributed by atoms with van der Waals surface area (Å²) in [6.07, 6.45) is 1.90. The minimum atomic E-state index is -1.11. The van der Waals surface area contributed by atoms with Crippen LogP contribution in [-0.4, -0.2) is 16.0 Å². The summed E-state index contributed by atoms with van der Waals surface area (Å²) in [6.45, 7) is 0. The maximum absolute atomic E-state index is 13.7. The largest absolute Gasteiger partial charge is 0.384 e. The Balaban J connectivity index is 1.92. The van der Waals surface area contributed by atoms with Crippen molar-refractivity contribution < 1.29 is 14.3 Å². The van der Waals surface area contributed by atoms with Crippen molar-refractivity contribution >= 4 is 23.2 Å². The Bertz CT molecular complexity index is 886. The number of anilines is 1. The highest BCUT2D eigenvalue weighted by atomic mass is 35.5. The van der Waals surface area contributed by atoms with Crippen LogP contribution in [0.3, 0.4) is 0 Å². The Morgan fingerprint density at radius 2 is 1.76 bits per heavy atom. The number of benzene rings is 2. The lowest BCUT2D eigenvalue weighted by Gasteiger charge is -2.17. The molecule has 126 valence electrons. The van der Waals surface area contributed by atoms with Gasteiger partial charge < -0.3 is 10.4 Å². The number of carbonyl (C=O) groups is 1. The summed E-state index contributed by atoms with van der Waals surface area (Å²) in [5, 5.41) is 13.8. The van der Waals surface area contributed by atoms with E-state index in [-0.39, 0.29) is 11.5 Å². The highest BCUT2D eigenvalue weighted by Crippen LogP contribution is 2.30. The van der Waals surface area contributed by atoms with Crippen LogP contribution in [0.1, 0.15) is 27.6 Å². The molecule has 0 aliphatic carbocycles. The van der Waals surface area contributed by atoms with Crippen LogP contribution in [0.2, 0.25) is 5.02 Å². The van der Waals surface area contributed by atoms with Gasteiger partial charge in [0.15, 0.2) is 0 Å². The standard InChI is InChI=1S/C19H14ClFN2O2/c20-14-3-1-12(2-4-14)18(24)16-11-15(21)5-6-17(16)23-19(25)13-7-9-22-10-8-13/h1-11,18,24H,(H,23,25)/t18-/m0/s1. The lowest BCUT2D eigenvalue weighted by molar-refractivity contribution is 0.102. The highest BCUT2D eigenvalue weighted by Gasteiger charge is 2.18. The number of aromatic nitrogens is 1. The van der Waals surface area contributed by atoms with Crippen LogP contribution in [0, 0.1) is 5.82 Å². The van der Waals surface area contributed by atoms with Gasteiger partial charge in [-0.15, -0.1) is 0 Å². The van der Waals surface area contributed by atoms with Gasteiger partial charge in [0.1, 0.15) is 11.9 Å². The van der Waals surface area contributed by atoms with Crippen molar-refractivity contribution in [3.05, 3.63) is 94.5 Å². The number of hydrogen-bond acceptors (Lipinski definition) is 3. The molecule has 0 saturated heterocycles. The van der Waals surface area contributed by atoms with E-state index in [1.54, 1.807) is 36.4 Å². The lowest BCUT2D eigenvalue weighted by Crippen LogP contribution is -2.15. The average molecular weight is 357 g/mol. The Labute approximate surface area is 148 Å². The maximum Gasteiger partial charge on any atom is 0.255 e. The summed E-state index contributed by atoms with van der Waals surface area (Å²) >= 11 is 5.85. The summed E-state index contributed by atoms with van der Waals surface area (Å²) < 4.78 is 13.7. The van der Waals surface area contributed by atoms with E-state index in [2.05, 4.69) is 10.3 Å². The predicted octanol–water partition coefficient (Wildman–Crippen LogP) is 4.21. The molecular weight excluding hydrogens is 343 g/mol. The second kappa shape index (κ2) is 7.42. The lowest BCUT2D eigenvalue weighted by atomic mass is 9.99. The number of pyridine rings is 1. The number of nitrogens with zero attached hydrogens (tertiary/aromatic N) is 1. The van der Waals surface area contributed by atoms with Crippen molar-refractivity contribution in [2.24, 2.45) is 0 Å². The molecule has 25 heavy (non-hydrogen) atoms. The number of hydrogen-bond donors (Lipinski definition) is 2. The molecule has 0 aliphatic rings. The Kier molecular flexibility index (Phi) is 5.07. The van der Waals surface area contributed by atoms with Crippen molar-refractivity contribution in [3.8, 4) is 0 Å². The normalized spacial score (nSPS) is 11.8. The van der Waals surface area contributed by atoms with E-state index in [4.69, 9.17) is 11.6 Å². The first-order valence-electron chi connectivity index (χ1n) is 7.49. The van der Waals surface area contributed by atoms with Crippen LogP contribution in [0.25, 0.3) is 0 Å². The molecule has 0 bridgehead atoms. The summed E-state index contributed by atoms with van der Waals surface area (Å²) in [5.41, 5.74) is 1.52. The zero-order valence-electron chi connectivity index (χ0n) is 13.0. The number of aliphatic hydroxyl groups excluding tert-OH is 1. The van der Waals surface area contributed by atoms with Gasteiger partial charge in [-0.1, -0.05) is 23.7 Å². The number of carbonyl (C=O) groups excluding carboxylic acids is 1. The Morgan fingerprint density at radius 1 is 1.08 bits per heavy atom. The summed E-state index contributed by atoms with van der Waals surface area (Å²) in [4.78, 5) is 16.2. The van der Waals surface area contributed by atoms with Gasteiger partial charge in [-0.25, -0.2) is 4.39 Å². The average Bonchev–Trinajstić information content (AvgIpc) is 2.64. The Hall–Kier alpha value is -2.76. The van der Waals surface area contributed by atoms with Gasteiger partial charge in [0.2, 0.25) is 0 Å². The monoisotopic (exact) mass is 356 g/mol. The SMILES string of the molecule is O=C(Nc1ccc(F)cc1[C@@H](O)c1ccc(Cl)cc1)c1ccncc1. The van der Waals surface area contributed by atoms with Crippen LogP contribution >= 0.6 is 11.6 Å². The summed E-state index contributed by atoms with van der Waals surface area (Å²) in [6, 6.07) is 13.5. The van der Waals surface area contributed by atoms with Crippen molar-refractivity contribution in [2.75, 3.05) is 5.32 Å². The van der Waals surface area contributed by atoms with Gasteiger partial charge in [-0.3, -0.25) is 9.78 Å². The molecule has 0 radical (unpaired) electrons. The molecule has 3 rings (SSSR count). The molecule has 6 heteroatoms. The van der Waals surface area contributed by atoms with Crippen LogP contribution < -0.4 is 5.32 Å². The molecule has 1 atom stereocenters. The molecule has 2 aromatic carbocycles. The molecular formula is C19H14ClFN2O2. The topological polar surface area (TPSA) is 62.2 Å². The van der Waals surface area contributed by atoms with Crippen LogP contribution in [0.4, 0.5) is 10.1 Å². The molecule has 1 aromatic heterocycles. The van der Waals surface area contributed by atoms with Crippen molar-refractivity contribution in [1.29, 1.82) is 0 Å². The van der Waals surface area contributed by atoms with Gasteiger partial charge in [0.05, 0.1) is 0 Å². The fourth-order valence-corrected chi connectivity index (χ4v) is 2.52. The molecule has 0 unspecified atom stereocenters. The second-order valence-corrected chi connectivity index (χ2v) is 5.81. The van der Waals surface area contributed by atoms with E-state index >= 15 is 0 Å². The molecule has 0 fully saturated rings. The first kappa shape index (κ1) is 17.1. The zero-order valence-corrected chi connectivity index (χ0v) is 13.7. The van der Waals surface area contributed by atoms with Gasteiger partial charge in [-0.2, -0.15) is 0 Å². The minimum absolute atomic E-state index is 0.254. The molecule has 0 spiro atoms. The van der Waals surface area contributed by atoms with E-state index in [9.17, 15) is 14.3 Å². The first-order chi connectivity index (χ1) is 12.0. The molecule has 1 amide bonds. The van der Waals surface area contributed by atoms with E-state index in [0.717, 1.165) is 0 Å². The van der Waals surface area contributed by atoms with Crippen molar-refractivity contribution in [2.45, 2.75) is 6.10 Å². The fourth-order valence-electron chi connectivity index (χ4n) is 2.40. The first-order valence-corrected chi connectivity index (χ1v) is 7.87. The van der Waals surface area contributed by atoms with Gasteiger partial charge in [0.25, 0.3) is 5.91 Å². The zero-order chi connectivity index (χ0) is 17.8. The number of aliphatic hydroxyl groups is 1. The maximum atomic E-state index is 13.7. The van der Waals surface area contributed by atoms with E-state index in [1.165, 1.54) is 30.6 Å². The van der Waals surface area contributed by atoms with Gasteiger partial charge >= 0.3 is 0 Å². The van der Waals surface area contributed by atoms with E-state index in [0.29, 0.717) is 21.8 Å². The highest BCUT2D eigenvalue weighted by molar-refractivity contribution is 6.30. The smallest absolute Gasteiger partial charge is 0.255 e. The van der Waals surface area contributed by atoms with Gasteiger partial charge in [-0.05, 0) is 48.0 Å². The summed E-state index contributed by atoms with van der Waals surface area (Å²) in [7, 11) is 0. The van der Waals surface area contributed by atoms with Gasteiger partial charge in [0, 0.05) is 34.2 Å². The molecule has 4 nitrogen and oxygen atoms in total. The van der Waals surface area contributed by atoms with Crippen molar-refractivity contribution in [1.82, 2.24) is 4.98 Å². The third-order valence-corrected chi connectivity index (χ3v) is 3.94. The molecule has 0 aliphatic heterocycles. The molecule has 0 saturated carbocycles. The molecule has 3 aromatic rings. The van der Waals surface area contributed by atoms with E-state index < -0.39 is 11.9 Å². The quantitative estimate of drug-likeness (QED) is 0.736. The number of halogens is 2. The predicted molar refractivity (Wildman–Crippen MR) is 94.1 cm³/mol. The van der Waals surface area contributed by atoms with Crippen LogP contribution in [-0.2, 0) is 0 Å². The number of rotatable bonds is 4. The molecule has 2 N–H and O–H groups in total. The number of amides is 1. The van der Waals surface area contributed by atoms with Crippen LogP contribution in [0.5, 0.6) is 0 Å². The summed E-state index contributed by atoms with van der Waals surface area (Å²) in [5.74, 6) is -0.886. The molecule has 1 heterocycles. The number of nitrogens with one attached hydrogen (secondary N) is 1. The van der Waals surface area contributed by atoms with Crippen molar-refractivity contribution in [3.63, 3.8) is 0 Å². The van der Waals surface area contributed by atoms with E-state index in [1.807, 2.05) is 0 Å². The third-order valence-electron chi connectivity index (χ3n) is 3.68. The second-order valence-electron chi connectivity index (χ2n) is 5.38. The van der Waals surface area contributed by atoms with Crippen LogP contribution in [0.15, 0.2) is 67.0 Å².